The van der Waals surface area contributed by atoms with Gasteiger partial charge in [0.05, 0.1) is 22.5 Å². The van der Waals surface area contributed by atoms with Crippen molar-refractivity contribution in [1.29, 1.82) is 0 Å². The quantitative estimate of drug-likeness (QED) is 0.629. The van der Waals surface area contributed by atoms with Crippen LogP contribution in [0.25, 0.3) is 11.3 Å². The zero-order chi connectivity index (χ0) is 20.1. The van der Waals surface area contributed by atoms with Crippen molar-refractivity contribution in [3.8, 4) is 11.3 Å². The summed E-state index contributed by atoms with van der Waals surface area (Å²) in [4.78, 5) is 27.3. The minimum absolute atomic E-state index is 0.112. The molecule has 0 aliphatic rings. The Bertz CT molecular complexity index is 1020. The van der Waals surface area contributed by atoms with Gasteiger partial charge >= 0.3 is 0 Å². The number of benzene rings is 2. The molecule has 0 bridgehead atoms. The number of carbonyl (C=O) groups excluding carboxylic acids is 2. The fourth-order valence-corrected chi connectivity index (χ4v) is 2.77. The van der Waals surface area contributed by atoms with Crippen molar-refractivity contribution in [2.75, 3.05) is 10.6 Å². The third kappa shape index (κ3) is 4.95. The number of nitrogens with one attached hydrogen (secondary N) is 2. The fraction of sp³-hybridized carbons (Fsp3) is 0.150. The van der Waals surface area contributed by atoms with E-state index >= 15 is 0 Å². The summed E-state index contributed by atoms with van der Waals surface area (Å²) in [6.07, 6.45) is 1.80. The molecule has 6 nitrogen and oxygen atoms in total. The van der Waals surface area contributed by atoms with E-state index < -0.39 is 5.82 Å². The van der Waals surface area contributed by atoms with Crippen LogP contribution in [0, 0.1) is 5.82 Å². The number of rotatable bonds is 6. The molecule has 3 aromatic rings. The van der Waals surface area contributed by atoms with Crippen molar-refractivity contribution in [3.63, 3.8) is 0 Å². The lowest BCUT2D eigenvalue weighted by Gasteiger charge is -2.09. The van der Waals surface area contributed by atoms with Gasteiger partial charge in [-0.1, -0.05) is 23.7 Å². The van der Waals surface area contributed by atoms with Crippen LogP contribution in [-0.4, -0.2) is 16.8 Å². The van der Waals surface area contributed by atoms with Gasteiger partial charge in [0.2, 0.25) is 11.8 Å². The number of halogens is 2. The van der Waals surface area contributed by atoms with Crippen LogP contribution in [0.3, 0.4) is 0 Å². The van der Waals surface area contributed by atoms with Crippen LogP contribution in [0.1, 0.15) is 19.2 Å². The zero-order valence-electron chi connectivity index (χ0n) is 15.0. The number of oxazole rings is 1. The van der Waals surface area contributed by atoms with Gasteiger partial charge in [-0.15, -0.1) is 0 Å². The highest BCUT2D eigenvalue weighted by molar-refractivity contribution is 6.34. The van der Waals surface area contributed by atoms with Gasteiger partial charge in [-0.25, -0.2) is 9.37 Å². The largest absolute Gasteiger partial charge is 0.441 e. The maximum Gasteiger partial charge on any atom is 0.224 e. The summed E-state index contributed by atoms with van der Waals surface area (Å²) in [5.41, 5.74) is 1.29. The second kappa shape index (κ2) is 8.67. The molecule has 0 atom stereocenters. The Hall–Kier alpha value is -3.19. The van der Waals surface area contributed by atoms with Gasteiger partial charge in [0.1, 0.15) is 5.82 Å². The van der Waals surface area contributed by atoms with Gasteiger partial charge < -0.3 is 15.1 Å². The zero-order valence-corrected chi connectivity index (χ0v) is 15.7. The first-order valence-electron chi connectivity index (χ1n) is 8.49. The third-order valence-corrected chi connectivity index (χ3v) is 4.14. The van der Waals surface area contributed by atoms with E-state index in [1.807, 2.05) is 0 Å². The molecule has 0 saturated heterocycles. The van der Waals surface area contributed by atoms with Crippen LogP contribution in [0.4, 0.5) is 15.8 Å². The lowest BCUT2D eigenvalue weighted by atomic mass is 10.2. The van der Waals surface area contributed by atoms with Crippen LogP contribution >= 0.6 is 11.6 Å². The van der Waals surface area contributed by atoms with E-state index in [0.717, 1.165) is 0 Å². The molecule has 0 fully saturated rings. The van der Waals surface area contributed by atoms with E-state index in [0.29, 0.717) is 33.6 Å². The Morgan fingerprint density at radius 3 is 2.68 bits per heavy atom. The lowest BCUT2D eigenvalue weighted by molar-refractivity contribution is -0.116. The van der Waals surface area contributed by atoms with Gasteiger partial charge in [-0.2, -0.15) is 0 Å². The molecule has 3 rings (SSSR count). The molecule has 8 heteroatoms. The number of aryl methyl sites for hydroxylation is 1. The molecular weight excluding hydrogens is 385 g/mol. The van der Waals surface area contributed by atoms with Crippen LogP contribution < -0.4 is 10.6 Å². The van der Waals surface area contributed by atoms with E-state index in [4.69, 9.17) is 16.0 Å². The highest BCUT2D eigenvalue weighted by Crippen LogP contribution is 2.26. The fourth-order valence-electron chi connectivity index (χ4n) is 2.54. The summed E-state index contributed by atoms with van der Waals surface area (Å²) in [7, 11) is 0. The Morgan fingerprint density at radius 1 is 1.18 bits per heavy atom. The van der Waals surface area contributed by atoms with Gasteiger partial charge in [0.25, 0.3) is 0 Å². The van der Waals surface area contributed by atoms with Crippen molar-refractivity contribution >= 4 is 34.8 Å². The molecule has 0 unspecified atom stereocenters. The third-order valence-electron chi connectivity index (χ3n) is 3.82. The number of anilines is 2. The van der Waals surface area contributed by atoms with E-state index in [1.165, 1.54) is 19.2 Å². The Kier molecular flexibility index (Phi) is 6.06. The first-order valence-corrected chi connectivity index (χ1v) is 8.87. The molecule has 2 amide bonds. The molecule has 2 aromatic carbocycles. The van der Waals surface area contributed by atoms with Crippen LogP contribution in [0.15, 0.2) is 53.1 Å². The molecule has 0 spiro atoms. The minimum atomic E-state index is -0.403. The van der Waals surface area contributed by atoms with Crippen molar-refractivity contribution in [2.45, 2.75) is 19.8 Å². The van der Waals surface area contributed by atoms with E-state index in [9.17, 15) is 14.0 Å². The highest BCUT2D eigenvalue weighted by atomic mass is 35.5. The monoisotopic (exact) mass is 401 g/mol. The van der Waals surface area contributed by atoms with E-state index in [2.05, 4.69) is 15.6 Å². The van der Waals surface area contributed by atoms with Crippen molar-refractivity contribution in [3.05, 3.63) is 65.4 Å². The van der Waals surface area contributed by atoms with Crippen LogP contribution in [0.5, 0.6) is 0 Å². The normalized spacial score (nSPS) is 10.5. The molecule has 1 heterocycles. The molecule has 0 saturated carbocycles. The molecule has 144 valence electrons. The lowest BCUT2D eigenvalue weighted by Crippen LogP contribution is -2.13. The molecule has 1 aromatic heterocycles. The summed E-state index contributed by atoms with van der Waals surface area (Å²) in [5, 5.41) is 5.61. The van der Waals surface area contributed by atoms with E-state index in [-0.39, 0.29) is 24.7 Å². The number of nitrogens with zero attached hydrogens (tertiary/aromatic N) is 1. The summed E-state index contributed by atoms with van der Waals surface area (Å²) in [6, 6.07) is 11.0. The predicted octanol–water partition coefficient (Wildman–Crippen LogP) is 4.66. The maximum absolute atomic E-state index is 13.8. The van der Waals surface area contributed by atoms with Crippen LogP contribution in [0.2, 0.25) is 5.02 Å². The van der Waals surface area contributed by atoms with Gasteiger partial charge in [0, 0.05) is 25.5 Å². The molecule has 28 heavy (non-hydrogen) atoms. The average molecular weight is 402 g/mol. The summed E-state index contributed by atoms with van der Waals surface area (Å²) in [5.74, 6) is -0.251. The summed E-state index contributed by atoms with van der Waals surface area (Å²) in [6.45, 7) is 1.39. The Morgan fingerprint density at radius 2 is 1.96 bits per heavy atom. The SMILES string of the molecule is CC(=O)Nc1ccc(NC(=O)CCc2ncc(-c3ccccc3F)o2)c(Cl)c1. The average Bonchev–Trinajstić information content (AvgIpc) is 3.11. The standard InChI is InChI=1S/C20H17ClFN3O3/c1-12(26)24-13-6-7-17(15(21)10-13)25-19(27)8-9-20-23-11-18(28-20)14-4-2-3-5-16(14)22/h2-7,10-11H,8-9H2,1H3,(H,24,26)(H,25,27). The maximum atomic E-state index is 13.8. The number of amides is 2. The Balaban J connectivity index is 1.58. The van der Waals surface area contributed by atoms with Crippen molar-refractivity contribution in [2.24, 2.45) is 0 Å². The molecule has 0 aliphatic carbocycles. The number of carbonyl (C=O) groups is 2. The number of hydrogen-bond acceptors (Lipinski definition) is 4. The van der Waals surface area contributed by atoms with Gasteiger partial charge in [0.15, 0.2) is 11.7 Å². The number of hydrogen-bond donors (Lipinski definition) is 2. The van der Waals surface area contributed by atoms with E-state index in [1.54, 1.807) is 36.4 Å². The highest BCUT2D eigenvalue weighted by Gasteiger charge is 2.13. The van der Waals surface area contributed by atoms with Gasteiger partial charge in [-0.3, -0.25) is 9.59 Å². The van der Waals surface area contributed by atoms with Crippen LogP contribution in [-0.2, 0) is 16.0 Å². The molecule has 0 aliphatic heterocycles. The number of aromatic nitrogens is 1. The first kappa shape index (κ1) is 19.6. The summed E-state index contributed by atoms with van der Waals surface area (Å²) < 4.78 is 19.3. The minimum Gasteiger partial charge on any atom is -0.441 e. The topological polar surface area (TPSA) is 84.2 Å². The molecule has 0 radical (unpaired) electrons. The Labute approximate surface area is 165 Å². The smallest absolute Gasteiger partial charge is 0.224 e. The molecular formula is C20H17ClFN3O3. The first-order chi connectivity index (χ1) is 13.4. The predicted molar refractivity (Wildman–Crippen MR) is 105 cm³/mol. The van der Waals surface area contributed by atoms with Crippen molar-refractivity contribution < 1.29 is 18.4 Å². The van der Waals surface area contributed by atoms with Gasteiger partial charge in [-0.05, 0) is 30.3 Å². The second-order valence-corrected chi connectivity index (χ2v) is 6.43. The molecule has 2 N–H and O–H groups in total. The van der Waals surface area contributed by atoms with Crippen molar-refractivity contribution in [1.82, 2.24) is 4.98 Å². The second-order valence-electron chi connectivity index (χ2n) is 6.02. The summed E-state index contributed by atoms with van der Waals surface area (Å²) >= 11 is 6.13.